The van der Waals surface area contributed by atoms with Gasteiger partial charge in [-0.25, -0.2) is 9.59 Å². The number of hydrogen-bond acceptors (Lipinski definition) is 3. The van der Waals surface area contributed by atoms with E-state index in [0.29, 0.717) is 0 Å². The van der Waals surface area contributed by atoms with Gasteiger partial charge in [-0.2, -0.15) is 13.2 Å². The van der Waals surface area contributed by atoms with Crippen LogP contribution >= 0.6 is 0 Å². The van der Waals surface area contributed by atoms with Crippen molar-refractivity contribution >= 4 is 12.0 Å². The third-order valence-corrected chi connectivity index (χ3v) is 4.85. The van der Waals surface area contributed by atoms with Gasteiger partial charge in [0, 0.05) is 5.70 Å². The first kappa shape index (κ1) is 21.4. The van der Waals surface area contributed by atoms with Crippen molar-refractivity contribution in [1.29, 1.82) is 0 Å². The molecule has 30 heavy (non-hydrogen) atoms. The smallest absolute Gasteiger partial charge is 0.416 e. The highest BCUT2D eigenvalue weighted by Crippen LogP contribution is 2.39. The zero-order chi connectivity index (χ0) is 21.9. The van der Waals surface area contributed by atoms with Crippen LogP contribution in [-0.2, 0) is 22.3 Å². The number of rotatable bonds is 5. The molecule has 5 nitrogen and oxygen atoms in total. The summed E-state index contributed by atoms with van der Waals surface area (Å²) in [5, 5.41) is 2.56. The number of allylic oxidation sites excluding steroid dienone is 1. The Morgan fingerprint density at radius 3 is 2.37 bits per heavy atom. The number of carbonyl (C=O) groups is 2. The number of alkyl halides is 3. The predicted octanol–water partition coefficient (Wildman–Crippen LogP) is 4.81. The molecule has 2 amide bonds. The minimum atomic E-state index is -4.64. The fraction of sp³-hybridized carbons (Fsp3) is 0.273. The molecule has 158 valence electrons. The van der Waals surface area contributed by atoms with Crippen LogP contribution in [0.1, 0.15) is 36.6 Å². The van der Waals surface area contributed by atoms with Crippen LogP contribution in [0.5, 0.6) is 0 Å². The highest BCUT2D eigenvalue weighted by atomic mass is 19.4. The number of ether oxygens (including phenoxy) is 1. The van der Waals surface area contributed by atoms with Gasteiger partial charge >= 0.3 is 18.2 Å². The molecule has 0 bridgehead atoms. The van der Waals surface area contributed by atoms with Crippen LogP contribution in [0.4, 0.5) is 18.0 Å². The van der Waals surface area contributed by atoms with Crippen molar-refractivity contribution < 1.29 is 27.5 Å². The lowest BCUT2D eigenvalue weighted by atomic mass is 9.91. The number of nitrogens with one attached hydrogen (secondary N) is 1. The average molecular weight is 418 g/mol. The summed E-state index contributed by atoms with van der Waals surface area (Å²) in [6.07, 6.45) is -4.64. The van der Waals surface area contributed by atoms with Crippen LogP contribution in [0, 0.1) is 0 Å². The van der Waals surface area contributed by atoms with Crippen molar-refractivity contribution in [2.45, 2.75) is 32.6 Å². The van der Waals surface area contributed by atoms with E-state index in [2.05, 4.69) is 5.32 Å². The molecule has 0 aromatic heterocycles. The van der Waals surface area contributed by atoms with E-state index >= 15 is 0 Å². The van der Waals surface area contributed by atoms with Crippen LogP contribution in [0.25, 0.3) is 0 Å². The Balaban J connectivity index is 2.11. The number of urea groups is 1. The second-order valence-corrected chi connectivity index (χ2v) is 6.76. The third-order valence-electron chi connectivity index (χ3n) is 4.85. The molecule has 0 aliphatic carbocycles. The maximum absolute atomic E-state index is 13.6. The van der Waals surface area contributed by atoms with E-state index in [-0.39, 0.29) is 30.0 Å². The van der Waals surface area contributed by atoms with Crippen molar-refractivity contribution in [1.82, 2.24) is 10.2 Å². The van der Waals surface area contributed by atoms with Gasteiger partial charge < -0.3 is 10.1 Å². The Labute approximate surface area is 172 Å². The molecule has 1 aliphatic rings. The van der Waals surface area contributed by atoms with Gasteiger partial charge in [0.25, 0.3) is 0 Å². The Bertz CT molecular complexity index is 971. The van der Waals surface area contributed by atoms with Crippen LogP contribution < -0.4 is 5.32 Å². The Kier molecular flexibility index (Phi) is 6.14. The number of benzene rings is 2. The molecular weight excluding hydrogens is 397 g/mol. The molecule has 1 unspecified atom stereocenters. The van der Waals surface area contributed by atoms with E-state index in [0.717, 1.165) is 11.6 Å². The van der Waals surface area contributed by atoms with Gasteiger partial charge in [-0.15, -0.1) is 0 Å². The highest BCUT2D eigenvalue weighted by Gasteiger charge is 2.41. The molecule has 2 aromatic carbocycles. The fourth-order valence-electron chi connectivity index (χ4n) is 3.45. The first-order valence-electron chi connectivity index (χ1n) is 9.40. The third kappa shape index (κ3) is 4.32. The van der Waals surface area contributed by atoms with Gasteiger partial charge in [-0.05, 0) is 31.0 Å². The molecular formula is C22H21F3N2O3. The number of nitrogens with zero attached hydrogens (tertiary/aromatic N) is 1. The zero-order valence-electron chi connectivity index (χ0n) is 16.5. The number of hydrogen-bond donors (Lipinski definition) is 1. The van der Waals surface area contributed by atoms with E-state index in [1.165, 1.54) is 30.0 Å². The number of halogens is 3. The van der Waals surface area contributed by atoms with E-state index < -0.39 is 29.8 Å². The normalized spacial score (nSPS) is 17.0. The number of amides is 2. The van der Waals surface area contributed by atoms with Crippen molar-refractivity contribution in [2.75, 3.05) is 6.61 Å². The van der Waals surface area contributed by atoms with Crippen molar-refractivity contribution in [3.05, 3.63) is 82.6 Å². The molecule has 0 spiro atoms. The summed E-state index contributed by atoms with van der Waals surface area (Å²) < 4.78 is 45.9. The van der Waals surface area contributed by atoms with Gasteiger partial charge in [0.05, 0.1) is 30.3 Å². The van der Waals surface area contributed by atoms with Gasteiger partial charge in [0.1, 0.15) is 0 Å². The molecule has 0 radical (unpaired) electrons. The molecule has 1 atom stereocenters. The summed E-state index contributed by atoms with van der Waals surface area (Å²) in [7, 11) is 0. The van der Waals surface area contributed by atoms with Crippen molar-refractivity contribution in [2.24, 2.45) is 0 Å². The SMILES string of the molecule is CCOC(=O)C1=C(C)N(Cc2ccccc2)C(=O)NC1c1ccccc1C(F)(F)F. The molecule has 1 aliphatic heterocycles. The largest absolute Gasteiger partial charge is 0.463 e. The standard InChI is InChI=1S/C22H21F3N2O3/c1-3-30-20(28)18-14(2)27(13-15-9-5-4-6-10-15)21(29)26-19(18)16-11-7-8-12-17(16)22(23,24)25/h4-12,19H,3,13H2,1-2H3,(H,26,29). The summed E-state index contributed by atoms with van der Waals surface area (Å²) >= 11 is 0. The monoisotopic (exact) mass is 418 g/mol. The second kappa shape index (κ2) is 8.61. The minimum absolute atomic E-state index is 0.0240. The van der Waals surface area contributed by atoms with Gasteiger partial charge in [0.15, 0.2) is 0 Å². The molecule has 1 heterocycles. The Morgan fingerprint density at radius 1 is 1.10 bits per heavy atom. The van der Waals surface area contributed by atoms with Crippen LogP contribution in [0.2, 0.25) is 0 Å². The van der Waals surface area contributed by atoms with Gasteiger partial charge in [0.2, 0.25) is 0 Å². The summed E-state index contributed by atoms with van der Waals surface area (Å²) in [6.45, 7) is 3.36. The van der Waals surface area contributed by atoms with E-state index in [1.807, 2.05) is 30.3 Å². The van der Waals surface area contributed by atoms with Crippen LogP contribution in [-0.4, -0.2) is 23.5 Å². The summed E-state index contributed by atoms with van der Waals surface area (Å²) in [6, 6.07) is 12.1. The average Bonchev–Trinajstić information content (AvgIpc) is 2.71. The second-order valence-electron chi connectivity index (χ2n) is 6.76. The van der Waals surface area contributed by atoms with E-state index in [1.54, 1.807) is 6.92 Å². The summed E-state index contributed by atoms with van der Waals surface area (Å²) in [5.41, 5.74) is -0.0852. The van der Waals surface area contributed by atoms with Crippen molar-refractivity contribution in [3.8, 4) is 0 Å². The first-order valence-corrected chi connectivity index (χ1v) is 9.40. The molecule has 3 rings (SSSR count). The van der Waals surface area contributed by atoms with Crippen LogP contribution in [0.3, 0.4) is 0 Å². The molecule has 0 fully saturated rings. The topological polar surface area (TPSA) is 58.6 Å². The molecule has 0 saturated carbocycles. The van der Waals surface area contributed by atoms with Crippen molar-refractivity contribution in [3.63, 3.8) is 0 Å². The van der Waals surface area contributed by atoms with Gasteiger partial charge in [-0.1, -0.05) is 48.5 Å². The molecule has 8 heteroatoms. The maximum Gasteiger partial charge on any atom is 0.416 e. The van der Waals surface area contributed by atoms with E-state index in [9.17, 15) is 22.8 Å². The molecule has 2 aromatic rings. The van der Waals surface area contributed by atoms with Crippen LogP contribution in [0.15, 0.2) is 65.9 Å². The lowest BCUT2D eigenvalue weighted by Gasteiger charge is -2.36. The quantitative estimate of drug-likeness (QED) is 0.709. The zero-order valence-corrected chi connectivity index (χ0v) is 16.5. The number of carbonyl (C=O) groups excluding carboxylic acids is 2. The minimum Gasteiger partial charge on any atom is -0.463 e. The lowest BCUT2D eigenvalue weighted by molar-refractivity contribution is -0.141. The predicted molar refractivity (Wildman–Crippen MR) is 104 cm³/mol. The first-order chi connectivity index (χ1) is 14.2. The van der Waals surface area contributed by atoms with E-state index in [4.69, 9.17) is 4.74 Å². The number of esters is 1. The Morgan fingerprint density at radius 2 is 1.73 bits per heavy atom. The lowest BCUT2D eigenvalue weighted by Crippen LogP contribution is -2.48. The molecule has 0 saturated heterocycles. The molecule has 1 N–H and O–H groups in total. The maximum atomic E-state index is 13.6. The Hall–Kier alpha value is -3.29. The highest BCUT2D eigenvalue weighted by molar-refractivity contribution is 5.95. The van der Waals surface area contributed by atoms with Gasteiger partial charge in [-0.3, -0.25) is 4.90 Å². The summed E-state index contributed by atoms with van der Waals surface area (Å²) in [4.78, 5) is 26.9. The fourth-order valence-corrected chi connectivity index (χ4v) is 3.45. The summed E-state index contributed by atoms with van der Waals surface area (Å²) in [5.74, 6) is -0.768.